The third-order valence-corrected chi connectivity index (χ3v) is 4.67. The number of amides is 1. The van der Waals surface area contributed by atoms with Gasteiger partial charge in [0.2, 0.25) is 0 Å². The SMILES string of the molecule is COc1ccc2ccccc2c1CNC(=O)c1ccc(Cn2cncn2)cc1. The van der Waals surface area contributed by atoms with Crippen molar-refractivity contribution in [2.24, 2.45) is 0 Å². The fourth-order valence-electron chi connectivity index (χ4n) is 3.22. The van der Waals surface area contributed by atoms with Gasteiger partial charge in [-0.15, -0.1) is 0 Å². The van der Waals surface area contributed by atoms with Crippen molar-refractivity contribution in [3.05, 3.63) is 90.0 Å². The molecule has 0 saturated carbocycles. The van der Waals surface area contributed by atoms with E-state index in [1.54, 1.807) is 18.1 Å². The quantitative estimate of drug-likeness (QED) is 0.563. The summed E-state index contributed by atoms with van der Waals surface area (Å²) in [6.07, 6.45) is 3.17. The first kappa shape index (κ1) is 17.7. The van der Waals surface area contributed by atoms with Crippen LogP contribution < -0.4 is 10.1 Å². The molecule has 0 unspecified atom stereocenters. The molecule has 140 valence electrons. The Bertz CT molecular complexity index is 1090. The highest BCUT2D eigenvalue weighted by atomic mass is 16.5. The lowest BCUT2D eigenvalue weighted by atomic mass is 10.0. The molecule has 28 heavy (non-hydrogen) atoms. The van der Waals surface area contributed by atoms with Gasteiger partial charge in [0.15, 0.2) is 0 Å². The van der Waals surface area contributed by atoms with Crippen molar-refractivity contribution in [1.82, 2.24) is 20.1 Å². The van der Waals surface area contributed by atoms with Gasteiger partial charge in [-0.2, -0.15) is 5.10 Å². The Morgan fingerprint density at radius 2 is 1.89 bits per heavy atom. The summed E-state index contributed by atoms with van der Waals surface area (Å²) in [6, 6.07) is 19.5. The van der Waals surface area contributed by atoms with Crippen LogP contribution in [0.3, 0.4) is 0 Å². The van der Waals surface area contributed by atoms with Crippen molar-refractivity contribution in [1.29, 1.82) is 0 Å². The van der Waals surface area contributed by atoms with Gasteiger partial charge in [-0.05, 0) is 34.5 Å². The summed E-state index contributed by atoms with van der Waals surface area (Å²) in [6.45, 7) is 1.01. The van der Waals surface area contributed by atoms with Crippen molar-refractivity contribution >= 4 is 16.7 Å². The standard InChI is InChI=1S/C22H20N4O2/c1-28-21-11-10-17-4-2-3-5-19(17)20(21)12-24-22(27)18-8-6-16(7-9-18)13-26-15-23-14-25-26/h2-11,14-15H,12-13H2,1H3,(H,24,27). The Morgan fingerprint density at radius 3 is 2.64 bits per heavy atom. The number of hydrogen-bond donors (Lipinski definition) is 1. The van der Waals surface area contributed by atoms with E-state index in [9.17, 15) is 4.79 Å². The maximum absolute atomic E-state index is 12.6. The number of fused-ring (bicyclic) bond motifs is 1. The van der Waals surface area contributed by atoms with Crippen LogP contribution in [0.4, 0.5) is 0 Å². The van der Waals surface area contributed by atoms with Crippen LogP contribution in [0.25, 0.3) is 10.8 Å². The van der Waals surface area contributed by atoms with E-state index < -0.39 is 0 Å². The number of aromatic nitrogens is 3. The lowest BCUT2D eigenvalue weighted by molar-refractivity contribution is 0.0951. The summed E-state index contributed by atoms with van der Waals surface area (Å²) in [7, 11) is 1.64. The molecule has 4 aromatic rings. The van der Waals surface area contributed by atoms with Gasteiger partial charge in [-0.25, -0.2) is 9.67 Å². The third-order valence-electron chi connectivity index (χ3n) is 4.67. The number of nitrogens with one attached hydrogen (secondary N) is 1. The maximum atomic E-state index is 12.6. The fourth-order valence-corrected chi connectivity index (χ4v) is 3.22. The average molecular weight is 372 g/mol. The van der Waals surface area contributed by atoms with E-state index in [0.29, 0.717) is 18.7 Å². The number of ether oxygens (including phenoxy) is 1. The Kier molecular flexibility index (Phi) is 5.01. The maximum Gasteiger partial charge on any atom is 0.251 e. The Morgan fingerprint density at radius 1 is 1.07 bits per heavy atom. The number of carbonyl (C=O) groups is 1. The van der Waals surface area contributed by atoms with E-state index >= 15 is 0 Å². The van der Waals surface area contributed by atoms with Crippen LogP contribution in [0.15, 0.2) is 73.3 Å². The van der Waals surface area contributed by atoms with E-state index in [2.05, 4.69) is 15.4 Å². The minimum absolute atomic E-state index is 0.123. The lowest BCUT2D eigenvalue weighted by Crippen LogP contribution is -2.23. The van der Waals surface area contributed by atoms with Crippen LogP contribution >= 0.6 is 0 Å². The molecule has 0 aliphatic rings. The van der Waals surface area contributed by atoms with Crippen molar-refractivity contribution in [3.8, 4) is 5.75 Å². The van der Waals surface area contributed by atoms with Gasteiger partial charge in [0.25, 0.3) is 5.91 Å². The molecule has 1 amide bonds. The van der Waals surface area contributed by atoms with Gasteiger partial charge < -0.3 is 10.1 Å². The van der Waals surface area contributed by atoms with Crippen molar-refractivity contribution in [3.63, 3.8) is 0 Å². The van der Waals surface area contributed by atoms with Gasteiger partial charge in [-0.3, -0.25) is 4.79 Å². The van der Waals surface area contributed by atoms with E-state index in [1.165, 1.54) is 6.33 Å². The highest BCUT2D eigenvalue weighted by Crippen LogP contribution is 2.27. The molecular formula is C22H20N4O2. The molecule has 0 radical (unpaired) electrons. The van der Waals surface area contributed by atoms with Crippen molar-refractivity contribution in [2.45, 2.75) is 13.1 Å². The topological polar surface area (TPSA) is 69.0 Å². The van der Waals surface area contributed by atoms with Crippen LogP contribution in [0, 0.1) is 0 Å². The molecule has 0 aliphatic heterocycles. The minimum Gasteiger partial charge on any atom is -0.496 e. The van der Waals surface area contributed by atoms with Crippen molar-refractivity contribution in [2.75, 3.05) is 7.11 Å². The second-order valence-electron chi connectivity index (χ2n) is 6.44. The molecule has 0 bridgehead atoms. The molecule has 0 fully saturated rings. The number of methoxy groups -OCH3 is 1. The average Bonchev–Trinajstić information content (AvgIpc) is 3.25. The molecular weight excluding hydrogens is 352 g/mol. The zero-order chi connectivity index (χ0) is 19.3. The highest BCUT2D eigenvalue weighted by molar-refractivity contribution is 5.95. The molecule has 0 aliphatic carbocycles. The number of nitrogens with zero attached hydrogens (tertiary/aromatic N) is 3. The molecule has 0 atom stereocenters. The summed E-state index contributed by atoms with van der Waals surface area (Å²) in [5, 5.41) is 9.28. The third kappa shape index (κ3) is 3.71. The lowest BCUT2D eigenvalue weighted by Gasteiger charge is -2.13. The van der Waals surface area contributed by atoms with Crippen LogP contribution in [0.2, 0.25) is 0 Å². The molecule has 0 saturated heterocycles. The second kappa shape index (κ2) is 7.92. The highest BCUT2D eigenvalue weighted by Gasteiger charge is 2.11. The predicted octanol–water partition coefficient (Wildman–Crippen LogP) is 3.42. The van der Waals surface area contributed by atoms with Crippen LogP contribution in [0.1, 0.15) is 21.5 Å². The first-order valence-corrected chi connectivity index (χ1v) is 8.99. The molecule has 1 N–H and O–H groups in total. The van der Waals surface area contributed by atoms with Gasteiger partial charge in [0.1, 0.15) is 18.4 Å². The first-order valence-electron chi connectivity index (χ1n) is 8.99. The number of carbonyl (C=O) groups excluding carboxylic acids is 1. The van der Waals surface area contributed by atoms with Crippen molar-refractivity contribution < 1.29 is 9.53 Å². The minimum atomic E-state index is -0.123. The van der Waals surface area contributed by atoms with E-state index in [4.69, 9.17) is 4.74 Å². The molecule has 1 heterocycles. The zero-order valence-electron chi connectivity index (χ0n) is 15.5. The summed E-state index contributed by atoms with van der Waals surface area (Å²) in [5.74, 6) is 0.643. The number of benzene rings is 3. The molecule has 6 nitrogen and oxygen atoms in total. The van der Waals surface area contributed by atoms with Crippen LogP contribution in [-0.4, -0.2) is 27.8 Å². The van der Waals surface area contributed by atoms with Crippen LogP contribution in [0.5, 0.6) is 5.75 Å². The second-order valence-corrected chi connectivity index (χ2v) is 6.44. The summed E-state index contributed by atoms with van der Waals surface area (Å²) >= 11 is 0. The molecule has 6 heteroatoms. The van der Waals surface area contributed by atoms with E-state index in [-0.39, 0.29) is 5.91 Å². The van der Waals surface area contributed by atoms with Gasteiger partial charge >= 0.3 is 0 Å². The smallest absolute Gasteiger partial charge is 0.251 e. The molecule has 0 spiro atoms. The summed E-state index contributed by atoms with van der Waals surface area (Å²) in [5.41, 5.74) is 2.64. The normalized spacial score (nSPS) is 10.8. The molecule has 4 rings (SSSR count). The van der Waals surface area contributed by atoms with Crippen LogP contribution in [-0.2, 0) is 13.1 Å². The van der Waals surface area contributed by atoms with Gasteiger partial charge in [0.05, 0.1) is 13.7 Å². The zero-order valence-corrected chi connectivity index (χ0v) is 15.5. The fraction of sp³-hybridized carbons (Fsp3) is 0.136. The Hall–Kier alpha value is -3.67. The Labute approximate surface area is 162 Å². The Balaban J connectivity index is 1.48. The monoisotopic (exact) mass is 372 g/mol. The largest absolute Gasteiger partial charge is 0.496 e. The number of rotatable bonds is 6. The molecule has 3 aromatic carbocycles. The predicted molar refractivity (Wildman–Crippen MR) is 107 cm³/mol. The van der Waals surface area contributed by atoms with Gasteiger partial charge in [0, 0.05) is 17.7 Å². The molecule has 1 aromatic heterocycles. The van der Waals surface area contributed by atoms with Gasteiger partial charge in [-0.1, -0.05) is 42.5 Å². The van der Waals surface area contributed by atoms with E-state index in [0.717, 1.165) is 27.6 Å². The first-order chi connectivity index (χ1) is 13.7. The number of hydrogen-bond acceptors (Lipinski definition) is 4. The summed E-state index contributed by atoms with van der Waals surface area (Å²) < 4.78 is 7.23. The summed E-state index contributed by atoms with van der Waals surface area (Å²) in [4.78, 5) is 16.5. The van der Waals surface area contributed by atoms with E-state index in [1.807, 2.05) is 60.7 Å².